The van der Waals surface area contributed by atoms with Gasteiger partial charge in [0.1, 0.15) is 5.82 Å². The summed E-state index contributed by atoms with van der Waals surface area (Å²) < 4.78 is 5.44. The quantitative estimate of drug-likeness (QED) is 0.874. The van der Waals surface area contributed by atoms with Crippen LogP contribution in [0.25, 0.3) is 0 Å². The fraction of sp³-hybridized carbons (Fsp3) is 0.700. The molecule has 26 heavy (non-hydrogen) atoms. The number of rotatable bonds is 5. The van der Waals surface area contributed by atoms with Crippen molar-refractivity contribution in [2.24, 2.45) is 5.92 Å². The molecule has 1 unspecified atom stereocenters. The van der Waals surface area contributed by atoms with Gasteiger partial charge in [0.25, 0.3) is 5.91 Å². The predicted molar refractivity (Wildman–Crippen MR) is 103 cm³/mol. The topological polar surface area (TPSA) is 57.7 Å². The minimum absolute atomic E-state index is 0.0985. The monoisotopic (exact) mass is 360 g/mol. The second kappa shape index (κ2) is 8.82. The molecule has 1 aromatic heterocycles. The van der Waals surface area contributed by atoms with Crippen molar-refractivity contribution in [3.8, 4) is 0 Å². The number of hydrogen-bond acceptors (Lipinski definition) is 5. The maximum atomic E-state index is 12.8. The zero-order chi connectivity index (χ0) is 18.5. The second-order valence-corrected chi connectivity index (χ2v) is 7.78. The van der Waals surface area contributed by atoms with Crippen LogP contribution in [0.1, 0.15) is 44.0 Å². The highest BCUT2D eigenvalue weighted by atomic mass is 16.5. The summed E-state index contributed by atoms with van der Waals surface area (Å²) in [6.45, 7) is 11.9. The number of amides is 1. The molecule has 3 rings (SSSR count). The number of carbonyl (C=O) groups is 1. The summed E-state index contributed by atoms with van der Waals surface area (Å²) in [5.74, 6) is 1.46. The van der Waals surface area contributed by atoms with Crippen molar-refractivity contribution in [1.82, 2.24) is 14.8 Å². The van der Waals surface area contributed by atoms with E-state index in [0.29, 0.717) is 23.6 Å². The van der Waals surface area contributed by atoms with Crippen LogP contribution in [-0.2, 0) is 4.74 Å². The van der Waals surface area contributed by atoms with Crippen LogP contribution in [0.2, 0.25) is 0 Å². The second-order valence-electron chi connectivity index (χ2n) is 7.78. The largest absolute Gasteiger partial charge is 0.379 e. The number of pyridine rings is 1. The van der Waals surface area contributed by atoms with E-state index < -0.39 is 0 Å². The Bertz CT molecular complexity index is 576. The van der Waals surface area contributed by atoms with Crippen LogP contribution >= 0.6 is 0 Å². The highest BCUT2D eigenvalue weighted by Crippen LogP contribution is 2.20. The average molecular weight is 361 g/mol. The molecule has 0 aromatic carbocycles. The Hall–Kier alpha value is -1.66. The molecule has 0 saturated carbocycles. The third kappa shape index (κ3) is 4.74. The van der Waals surface area contributed by atoms with Gasteiger partial charge in [-0.1, -0.05) is 13.8 Å². The van der Waals surface area contributed by atoms with Gasteiger partial charge in [0, 0.05) is 44.5 Å². The molecule has 1 aromatic rings. The third-order valence-electron chi connectivity index (χ3n) is 5.70. The molecule has 6 heteroatoms. The van der Waals surface area contributed by atoms with Crippen LogP contribution in [0.3, 0.4) is 0 Å². The Morgan fingerprint density at radius 1 is 1.15 bits per heavy atom. The highest BCUT2D eigenvalue weighted by molar-refractivity contribution is 5.94. The van der Waals surface area contributed by atoms with Crippen molar-refractivity contribution >= 4 is 11.7 Å². The summed E-state index contributed by atoms with van der Waals surface area (Å²) in [4.78, 5) is 21.7. The maximum absolute atomic E-state index is 12.8. The van der Waals surface area contributed by atoms with Gasteiger partial charge in [-0.3, -0.25) is 9.69 Å². The van der Waals surface area contributed by atoms with Gasteiger partial charge in [-0.2, -0.15) is 0 Å². The first kappa shape index (κ1) is 19.1. The number of anilines is 1. The van der Waals surface area contributed by atoms with Crippen molar-refractivity contribution in [3.05, 3.63) is 23.9 Å². The normalized spacial score (nSPS) is 21.0. The van der Waals surface area contributed by atoms with E-state index in [-0.39, 0.29) is 5.91 Å². The molecule has 0 aliphatic carbocycles. The van der Waals surface area contributed by atoms with Gasteiger partial charge >= 0.3 is 0 Å². The molecule has 6 nitrogen and oxygen atoms in total. The van der Waals surface area contributed by atoms with E-state index in [2.05, 4.69) is 36.0 Å². The lowest BCUT2D eigenvalue weighted by Crippen LogP contribution is -2.50. The summed E-state index contributed by atoms with van der Waals surface area (Å²) in [5, 5.41) is 3.38. The number of carbonyl (C=O) groups excluding carboxylic acids is 1. The standard InChI is InChI=1S/C20H32N4O2/c1-15(2)16(3)22-19-5-4-17(14-21-19)20(25)24-8-6-18(7-9-24)23-10-12-26-13-11-23/h4-5,14-16,18H,6-13H2,1-3H3,(H,21,22). The van der Waals surface area contributed by atoms with Gasteiger partial charge in [-0.05, 0) is 37.8 Å². The number of aromatic nitrogens is 1. The van der Waals surface area contributed by atoms with Crippen LogP contribution in [0.4, 0.5) is 5.82 Å². The van der Waals surface area contributed by atoms with Gasteiger partial charge in [-0.15, -0.1) is 0 Å². The molecule has 144 valence electrons. The van der Waals surface area contributed by atoms with Gasteiger partial charge < -0.3 is 15.0 Å². The molecule has 2 fully saturated rings. The minimum Gasteiger partial charge on any atom is -0.379 e. The summed E-state index contributed by atoms with van der Waals surface area (Å²) in [5.41, 5.74) is 0.678. The molecule has 3 heterocycles. The minimum atomic E-state index is 0.0985. The summed E-state index contributed by atoms with van der Waals surface area (Å²) >= 11 is 0. The number of likely N-dealkylation sites (tertiary alicyclic amines) is 1. The van der Waals surface area contributed by atoms with E-state index in [1.165, 1.54) is 0 Å². The van der Waals surface area contributed by atoms with Crippen LogP contribution in [0, 0.1) is 5.92 Å². The van der Waals surface area contributed by atoms with Crippen LogP contribution in [0.5, 0.6) is 0 Å². The number of morpholine rings is 1. The first-order valence-electron chi connectivity index (χ1n) is 9.88. The molecule has 1 N–H and O–H groups in total. The number of ether oxygens (including phenoxy) is 1. The molecule has 0 bridgehead atoms. The lowest BCUT2D eigenvalue weighted by molar-refractivity contribution is 0.00158. The van der Waals surface area contributed by atoms with E-state index >= 15 is 0 Å². The molecule has 1 atom stereocenters. The Balaban J connectivity index is 1.51. The Labute approximate surface area is 156 Å². The molecule has 2 saturated heterocycles. The van der Waals surface area contributed by atoms with Gasteiger partial charge in [-0.25, -0.2) is 4.98 Å². The fourth-order valence-corrected chi connectivity index (χ4v) is 3.56. The Morgan fingerprint density at radius 3 is 2.42 bits per heavy atom. The van der Waals surface area contributed by atoms with E-state index in [0.717, 1.165) is 58.1 Å². The summed E-state index contributed by atoms with van der Waals surface area (Å²) in [6, 6.07) is 4.74. The van der Waals surface area contributed by atoms with E-state index in [4.69, 9.17) is 4.74 Å². The van der Waals surface area contributed by atoms with Crippen molar-refractivity contribution in [3.63, 3.8) is 0 Å². The van der Waals surface area contributed by atoms with Crippen molar-refractivity contribution in [2.45, 2.75) is 45.7 Å². The zero-order valence-electron chi connectivity index (χ0n) is 16.3. The first-order valence-corrected chi connectivity index (χ1v) is 9.88. The predicted octanol–water partition coefficient (Wildman–Crippen LogP) is 2.47. The van der Waals surface area contributed by atoms with Crippen molar-refractivity contribution < 1.29 is 9.53 Å². The van der Waals surface area contributed by atoms with Gasteiger partial charge in [0.05, 0.1) is 18.8 Å². The van der Waals surface area contributed by atoms with Gasteiger partial charge in [0.15, 0.2) is 0 Å². The summed E-state index contributed by atoms with van der Waals surface area (Å²) in [6.07, 6.45) is 3.79. The first-order chi connectivity index (χ1) is 12.5. The molecular weight excluding hydrogens is 328 g/mol. The van der Waals surface area contributed by atoms with E-state index in [9.17, 15) is 4.79 Å². The molecular formula is C20H32N4O2. The lowest BCUT2D eigenvalue weighted by Gasteiger charge is -2.40. The van der Waals surface area contributed by atoms with Crippen LogP contribution < -0.4 is 5.32 Å². The maximum Gasteiger partial charge on any atom is 0.255 e. The smallest absolute Gasteiger partial charge is 0.255 e. The highest BCUT2D eigenvalue weighted by Gasteiger charge is 2.28. The third-order valence-corrected chi connectivity index (χ3v) is 5.70. The fourth-order valence-electron chi connectivity index (χ4n) is 3.56. The molecule has 1 amide bonds. The Kier molecular flexibility index (Phi) is 6.48. The number of hydrogen-bond donors (Lipinski definition) is 1. The molecule has 0 spiro atoms. The molecule has 2 aliphatic heterocycles. The molecule has 0 radical (unpaired) electrons. The SMILES string of the molecule is CC(C)C(C)Nc1ccc(C(=O)N2CCC(N3CCOCC3)CC2)cn1. The van der Waals surface area contributed by atoms with Gasteiger partial charge in [0.2, 0.25) is 0 Å². The van der Waals surface area contributed by atoms with E-state index in [1.807, 2.05) is 17.0 Å². The van der Waals surface area contributed by atoms with Crippen LogP contribution in [-0.4, -0.2) is 72.2 Å². The number of nitrogens with zero attached hydrogens (tertiary/aromatic N) is 3. The number of piperidine rings is 1. The lowest BCUT2D eigenvalue weighted by atomic mass is 10.0. The van der Waals surface area contributed by atoms with Crippen molar-refractivity contribution in [2.75, 3.05) is 44.7 Å². The zero-order valence-corrected chi connectivity index (χ0v) is 16.3. The van der Waals surface area contributed by atoms with Crippen molar-refractivity contribution in [1.29, 1.82) is 0 Å². The Morgan fingerprint density at radius 2 is 1.85 bits per heavy atom. The summed E-state index contributed by atoms with van der Waals surface area (Å²) in [7, 11) is 0. The van der Waals surface area contributed by atoms with E-state index in [1.54, 1.807) is 6.20 Å². The van der Waals surface area contributed by atoms with Crippen LogP contribution in [0.15, 0.2) is 18.3 Å². The molecule has 2 aliphatic rings. The average Bonchev–Trinajstić information content (AvgIpc) is 2.69. The number of nitrogens with one attached hydrogen (secondary N) is 1.